The fourth-order valence-electron chi connectivity index (χ4n) is 2.53. The predicted octanol–water partition coefficient (Wildman–Crippen LogP) is 2.57. The Morgan fingerprint density at radius 2 is 1.35 bits per heavy atom. The Hall–Kier alpha value is -3.15. The number of nitrogens with zero attached hydrogens (tertiary/aromatic N) is 1. The minimum atomic E-state index is -1.29. The first-order valence-electron chi connectivity index (χ1n) is 8.11. The van der Waals surface area contributed by atoms with E-state index in [2.05, 4.69) is 9.47 Å². The molecule has 0 aliphatic carbocycles. The zero-order chi connectivity index (χ0) is 18.9. The quantitative estimate of drug-likeness (QED) is 0.564. The second-order valence-electron chi connectivity index (χ2n) is 5.60. The van der Waals surface area contributed by atoms with Crippen molar-refractivity contribution in [2.75, 3.05) is 19.1 Å². The van der Waals surface area contributed by atoms with Crippen LogP contribution in [0, 0.1) is 5.92 Å². The summed E-state index contributed by atoms with van der Waals surface area (Å²) >= 11 is 0. The first-order chi connectivity index (χ1) is 12.6. The van der Waals surface area contributed by atoms with Crippen molar-refractivity contribution in [2.45, 2.75) is 13.0 Å². The normalized spacial score (nSPS) is 10.3. The van der Waals surface area contributed by atoms with E-state index in [4.69, 9.17) is 0 Å². The summed E-state index contributed by atoms with van der Waals surface area (Å²) in [5, 5.41) is 0. The molecule has 0 fully saturated rings. The smallest absolute Gasteiger partial charge is 0.320 e. The lowest BCUT2D eigenvalue weighted by Crippen LogP contribution is -2.36. The van der Waals surface area contributed by atoms with Crippen LogP contribution in [0.4, 0.5) is 5.69 Å². The Bertz CT molecular complexity index is 729. The van der Waals surface area contributed by atoms with Crippen molar-refractivity contribution >= 4 is 23.5 Å². The Morgan fingerprint density at radius 3 is 1.85 bits per heavy atom. The van der Waals surface area contributed by atoms with Crippen LogP contribution in [0.2, 0.25) is 0 Å². The van der Waals surface area contributed by atoms with Gasteiger partial charge in [-0.15, -0.1) is 0 Å². The molecule has 0 unspecified atom stereocenters. The number of rotatable bonds is 7. The van der Waals surface area contributed by atoms with Crippen LogP contribution in [0.15, 0.2) is 60.7 Å². The molecule has 1 amide bonds. The lowest BCUT2D eigenvalue weighted by Gasteiger charge is -2.24. The number of ether oxygens (including phenoxy) is 2. The zero-order valence-corrected chi connectivity index (χ0v) is 14.8. The largest absolute Gasteiger partial charge is 0.468 e. The highest BCUT2D eigenvalue weighted by molar-refractivity contribution is 6.02. The summed E-state index contributed by atoms with van der Waals surface area (Å²) in [6, 6.07) is 18.5. The van der Waals surface area contributed by atoms with Gasteiger partial charge in [-0.25, -0.2) is 0 Å². The molecule has 0 heterocycles. The number of carbonyl (C=O) groups excluding carboxylic acids is 3. The number of methoxy groups -OCH3 is 2. The summed E-state index contributed by atoms with van der Waals surface area (Å²) in [7, 11) is 2.34. The summed E-state index contributed by atoms with van der Waals surface area (Å²) in [4.78, 5) is 38.2. The second-order valence-corrected chi connectivity index (χ2v) is 5.60. The third-order valence-electron chi connectivity index (χ3n) is 3.90. The number of hydrogen-bond acceptors (Lipinski definition) is 5. The van der Waals surface area contributed by atoms with Gasteiger partial charge < -0.3 is 14.4 Å². The molecule has 2 aromatic rings. The fraction of sp³-hybridized carbons (Fsp3) is 0.250. The Kier molecular flexibility index (Phi) is 6.91. The van der Waals surface area contributed by atoms with Crippen LogP contribution in [0.25, 0.3) is 0 Å². The van der Waals surface area contributed by atoms with E-state index in [1.807, 2.05) is 48.5 Å². The van der Waals surface area contributed by atoms with Crippen molar-refractivity contribution in [1.29, 1.82) is 0 Å². The monoisotopic (exact) mass is 355 g/mol. The van der Waals surface area contributed by atoms with Gasteiger partial charge in [-0.3, -0.25) is 14.4 Å². The summed E-state index contributed by atoms with van der Waals surface area (Å²) in [6.07, 6.45) is -0.332. The predicted molar refractivity (Wildman–Crippen MR) is 96.2 cm³/mol. The minimum absolute atomic E-state index is 0.318. The Morgan fingerprint density at radius 1 is 0.846 bits per heavy atom. The molecular formula is C20H21NO5. The highest BCUT2D eigenvalue weighted by Gasteiger charge is 2.33. The molecule has 0 aliphatic rings. The average Bonchev–Trinajstić information content (AvgIpc) is 2.70. The molecule has 2 aromatic carbocycles. The molecule has 0 atom stereocenters. The van der Waals surface area contributed by atoms with Crippen LogP contribution in [0.1, 0.15) is 12.0 Å². The second kappa shape index (κ2) is 9.36. The third kappa shape index (κ3) is 4.92. The van der Waals surface area contributed by atoms with Crippen LogP contribution in [0.5, 0.6) is 0 Å². The molecule has 0 radical (unpaired) electrons. The van der Waals surface area contributed by atoms with Crippen LogP contribution >= 0.6 is 0 Å². The van der Waals surface area contributed by atoms with Crippen LogP contribution in [0.3, 0.4) is 0 Å². The van der Waals surface area contributed by atoms with E-state index in [1.165, 1.54) is 19.1 Å². The maximum Gasteiger partial charge on any atom is 0.320 e. The van der Waals surface area contributed by atoms with E-state index in [1.54, 1.807) is 12.1 Å². The van der Waals surface area contributed by atoms with Gasteiger partial charge >= 0.3 is 11.9 Å². The first-order valence-corrected chi connectivity index (χ1v) is 8.11. The van der Waals surface area contributed by atoms with E-state index in [0.29, 0.717) is 12.2 Å². The number of hydrogen-bond donors (Lipinski definition) is 0. The zero-order valence-electron chi connectivity index (χ0n) is 14.8. The molecule has 2 rings (SSSR count). The van der Waals surface area contributed by atoms with Crippen LogP contribution in [-0.2, 0) is 30.4 Å². The van der Waals surface area contributed by atoms with Crippen molar-refractivity contribution in [1.82, 2.24) is 0 Å². The van der Waals surface area contributed by atoms with Gasteiger partial charge in [0.2, 0.25) is 5.91 Å². The van der Waals surface area contributed by atoms with Crippen molar-refractivity contribution in [3.8, 4) is 0 Å². The van der Waals surface area contributed by atoms with Gasteiger partial charge in [0.25, 0.3) is 0 Å². The van der Waals surface area contributed by atoms with E-state index < -0.39 is 17.9 Å². The molecule has 136 valence electrons. The van der Waals surface area contributed by atoms with E-state index in [-0.39, 0.29) is 12.3 Å². The number of para-hydroxylation sites is 1. The summed E-state index contributed by atoms with van der Waals surface area (Å²) in [6.45, 7) is 0.318. The molecular weight excluding hydrogens is 334 g/mol. The molecule has 6 nitrogen and oxygen atoms in total. The highest BCUT2D eigenvalue weighted by atomic mass is 16.5. The summed E-state index contributed by atoms with van der Waals surface area (Å²) < 4.78 is 9.26. The molecule has 0 bridgehead atoms. The van der Waals surface area contributed by atoms with Crippen molar-refractivity contribution < 1.29 is 23.9 Å². The van der Waals surface area contributed by atoms with Gasteiger partial charge in [-0.1, -0.05) is 48.5 Å². The molecule has 26 heavy (non-hydrogen) atoms. The molecule has 0 saturated heterocycles. The standard InChI is InChI=1S/C20H21NO5/c1-25-19(23)17(20(24)26-2)13-18(22)21(16-11-7-4-8-12-16)14-15-9-5-3-6-10-15/h3-12,17H,13-14H2,1-2H3. The van der Waals surface area contributed by atoms with E-state index >= 15 is 0 Å². The maximum atomic E-state index is 12.9. The van der Waals surface area contributed by atoms with E-state index in [0.717, 1.165) is 5.56 Å². The van der Waals surface area contributed by atoms with Gasteiger partial charge in [0, 0.05) is 5.69 Å². The van der Waals surface area contributed by atoms with Crippen molar-refractivity contribution in [2.24, 2.45) is 5.92 Å². The first kappa shape index (κ1) is 19.2. The number of anilines is 1. The highest BCUT2D eigenvalue weighted by Crippen LogP contribution is 2.20. The van der Waals surface area contributed by atoms with Crippen LogP contribution < -0.4 is 4.90 Å². The number of benzene rings is 2. The van der Waals surface area contributed by atoms with Crippen molar-refractivity contribution in [3.63, 3.8) is 0 Å². The number of amides is 1. The maximum absolute atomic E-state index is 12.9. The van der Waals surface area contributed by atoms with Gasteiger partial charge in [0.1, 0.15) is 0 Å². The Balaban J connectivity index is 2.27. The number of carbonyl (C=O) groups is 3. The van der Waals surface area contributed by atoms with E-state index in [9.17, 15) is 14.4 Å². The molecule has 0 spiro atoms. The van der Waals surface area contributed by atoms with Gasteiger partial charge in [-0.05, 0) is 17.7 Å². The average molecular weight is 355 g/mol. The molecule has 6 heteroatoms. The summed E-state index contributed by atoms with van der Waals surface area (Å²) in [5.74, 6) is -3.25. The number of esters is 2. The van der Waals surface area contributed by atoms with Crippen molar-refractivity contribution in [3.05, 3.63) is 66.2 Å². The molecule has 0 aromatic heterocycles. The Labute approximate surface area is 152 Å². The lowest BCUT2D eigenvalue weighted by atomic mass is 10.0. The topological polar surface area (TPSA) is 72.9 Å². The summed E-state index contributed by atoms with van der Waals surface area (Å²) in [5.41, 5.74) is 1.60. The minimum Gasteiger partial charge on any atom is -0.468 e. The van der Waals surface area contributed by atoms with Gasteiger partial charge in [-0.2, -0.15) is 0 Å². The SMILES string of the molecule is COC(=O)C(CC(=O)N(Cc1ccccc1)c1ccccc1)C(=O)OC. The van der Waals surface area contributed by atoms with Gasteiger partial charge in [0.15, 0.2) is 5.92 Å². The lowest BCUT2D eigenvalue weighted by molar-refractivity contribution is -0.160. The molecule has 0 N–H and O–H groups in total. The fourth-order valence-corrected chi connectivity index (χ4v) is 2.53. The van der Waals surface area contributed by atoms with Crippen LogP contribution in [-0.4, -0.2) is 32.1 Å². The third-order valence-corrected chi connectivity index (χ3v) is 3.90. The van der Waals surface area contributed by atoms with Gasteiger partial charge in [0.05, 0.1) is 27.2 Å². The molecule has 0 aliphatic heterocycles. The molecule has 0 saturated carbocycles.